The second-order valence-electron chi connectivity index (χ2n) is 9.79. The molecule has 0 saturated heterocycles. The molecule has 0 spiro atoms. The molecule has 0 saturated carbocycles. The third-order valence-electron chi connectivity index (χ3n) is 7.19. The highest BCUT2D eigenvalue weighted by Crippen LogP contribution is 2.38. The summed E-state index contributed by atoms with van der Waals surface area (Å²) in [6, 6.07) is 50.0. The second-order valence-corrected chi connectivity index (χ2v) is 10.2. The monoisotopic (exact) mass is 533 g/mol. The number of benzene rings is 6. The fourth-order valence-electron chi connectivity index (χ4n) is 5.12. The van der Waals surface area contributed by atoms with Crippen LogP contribution >= 0.6 is 11.6 Å². The van der Waals surface area contributed by atoms with Crippen molar-refractivity contribution in [2.45, 2.75) is 0 Å². The van der Waals surface area contributed by atoms with Crippen LogP contribution in [0.25, 0.3) is 67.1 Å². The van der Waals surface area contributed by atoms with Gasteiger partial charge in [-0.3, -0.25) is 0 Å². The summed E-state index contributed by atoms with van der Waals surface area (Å²) in [6.07, 6.45) is 0. The van der Waals surface area contributed by atoms with Gasteiger partial charge in [-0.15, -0.1) is 0 Å². The highest BCUT2D eigenvalue weighted by molar-refractivity contribution is 6.30. The number of hydrogen-bond acceptors (Lipinski definition) is 2. The average Bonchev–Trinajstić information content (AvgIpc) is 3.46. The van der Waals surface area contributed by atoms with E-state index >= 15 is 0 Å². The number of hydrogen-bond donors (Lipinski definition) is 0. The lowest BCUT2D eigenvalue weighted by Crippen LogP contribution is -1.86. The predicted molar refractivity (Wildman–Crippen MR) is 166 cm³/mol. The Balaban J connectivity index is 1.35. The van der Waals surface area contributed by atoms with Crippen molar-refractivity contribution in [3.63, 3.8) is 0 Å². The molecule has 0 radical (unpaired) electrons. The van der Waals surface area contributed by atoms with E-state index in [1.807, 2.05) is 36.4 Å². The zero-order valence-electron chi connectivity index (χ0n) is 21.6. The largest absolute Gasteiger partial charge is 0.436 e. The Morgan fingerprint density at radius 3 is 1.50 bits per heavy atom. The average molecular weight is 534 g/mol. The van der Waals surface area contributed by atoms with E-state index in [1.165, 1.54) is 22.3 Å². The maximum absolute atomic E-state index is 6.35. The van der Waals surface area contributed by atoms with Crippen molar-refractivity contribution < 1.29 is 4.42 Å². The molecule has 0 aliphatic rings. The molecule has 7 rings (SSSR count). The molecule has 190 valence electrons. The number of rotatable bonds is 5. The van der Waals surface area contributed by atoms with Crippen molar-refractivity contribution in [2.75, 3.05) is 0 Å². The SMILES string of the molecule is Clc1cccc(-c2nc3c(-c4ccc(-c5ccccc5)cc4)cc(-c4ccc(-c5ccccc5)cc4)cc3o2)c1. The van der Waals surface area contributed by atoms with Gasteiger partial charge in [-0.05, 0) is 69.3 Å². The van der Waals surface area contributed by atoms with Crippen molar-refractivity contribution in [3.8, 4) is 56.0 Å². The third-order valence-corrected chi connectivity index (χ3v) is 7.43. The standard InChI is InChI=1S/C37H24ClNO/c38-33-13-7-12-31(22-33)37-39-36-34(30-20-18-28(19-21-30)26-10-5-2-6-11-26)23-32(24-35(36)40-37)29-16-14-27(15-17-29)25-8-3-1-4-9-25/h1-24H. The lowest BCUT2D eigenvalue weighted by molar-refractivity contribution is 0.620. The van der Waals surface area contributed by atoms with Gasteiger partial charge in [-0.25, -0.2) is 4.98 Å². The smallest absolute Gasteiger partial charge is 0.227 e. The summed E-state index contributed by atoms with van der Waals surface area (Å²) in [7, 11) is 0. The lowest BCUT2D eigenvalue weighted by Gasteiger charge is -2.09. The zero-order valence-corrected chi connectivity index (χ0v) is 22.3. The first-order valence-electron chi connectivity index (χ1n) is 13.2. The van der Waals surface area contributed by atoms with E-state index in [1.54, 1.807) is 0 Å². The zero-order chi connectivity index (χ0) is 26.9. The molecule has 1 heterocycles. The highest BCUT2D eigenvalue weighted by Gasteiger charge is 2.16. The first-order chi connectivity index (χ1) is 19.7. The molecule has 0 aliphatic carbocycles. The Morgan fingerprint density at radius 1 is 0.425 bits per heavy atom. The molecule has 0 atom stereocenters. The Labute approximate surface area is 238 Å². The number of fused-ring (bicyclic) bond motifs is 1. The van der Waals surface area contributed by atoms with E-state index in [2.05, 4.69) is 109 Å². The van der Waals surface area contributed by atoms with Gasteiger partial charge < -0.3 is 4.42 Å². The van der Waals surface area contributed by atoms with Crippen molar-refractivity contribution in [1.29, 1.82) is 0 Å². The molecule has 0 aliphatic heterocycles. The molecule has 7 aromatic rings. The summed E-state index contributed by atoms with van der Waals surface area (Å²) < 4.78 is 6.35. The second kappa shape index (κ2) is 10.3. The van der Waals surface area contributed by atoms with Crippen LogP contribution in [0.4, 0.5) is 0 Å². The van der Waals surface area contributed by atoms with Gasteiger partial charge in [0.05, 0.1) is 0 Å². The van der Waals surface area contributed by atoms with Crippen LogP contribution in [0.1, 0.15) is 0 Å². The Bertz CT molecular complexity index is 1920. The Kier molecular flexibility index (Phi) is 6.24. The number of aromatic nitrogens is 1. The quantitative estimate of drug-likeness (QED) is 0.220. The predicted octanol–water partition coefficient (Wildman–Crippen LogP) is 10.8. The van der Waals surface area contributed by atoms with Gasteiger partial charge in [-0.2, -0.15) is 0 Å². The molecule has 2 nitrogen and oxygen atoms in total. The van der Waals surface area contributed by atoms with Gasteiger partial charge in [0.1, 0.15) is 5.52 Å². The number of nitrogens with zero attached hydrogens (tertiary/aromatic N) is 1. The fraction of sp³-hybridized carbons (Fsp3) is 0. The van der Waals surface area contributed by atoms with Crippen LogP contribution in [0, 0.1) is 0 Å². The van der Waals surface area contributed by atoms with E-state index in [0.29, 0.717) is 10.9 Å². The van der Waals surface area contributed by atoms with Gasteiger partial charge >= 0.3 is 0 Å². The first-order valence-corrected chi connectivity index (χ1v) is 13.6. The van der Waals surface area contributed by atoms with Crippen LogP contribution in [-0.4, -0.2) is 4.98 Å². The molecule has 0 bridgehead atoms. The van der Waals surface area contributed by atoms with Crippen molar-refractivity contribution in [1.82, 2.24) is 4.98 Å². The normalized spacial score (nSPS) is 11.1. The molecule has 0 amide bonds. The minimum atomic E-state index is 0.552. The lowest BCUT2D eigenvalue weighted by atomic mass is 9.95. The van der Waals surface area contributed by atoms with Crippen LogP contribution in [0.2, 0.25) is 5.02 Å². The maximum Gasteiger partial charge on any atom is 0.227 e. The Morgan fingerprint density at radius 2 is 0.925 bits per heavy atom. The van der Waals surface area contributed by atoms with Crippen molar-refractivity contribution >= 4 is 22.7 Å². The summed E-state index contributed by atoms with van der Waals surface area (Å²) in [5, 5.41) is 0.649. The van der Waals surface area contributed by atoms with Crippen LogP contribution < -0.4 is 0 Å². The maximum atomic E-state index is 6.35. The van der Waals surface area contributed by atoms with Gasteiger partial charge in [0, 0.05) is 16.1 Å². The summed E-state index contributed by atoms with van der Waals surface area (Å²) in [4.78, 5) is 4.94. The highest BCUT2D eigenvalue weighted by atomic mass is 35.5. The molecule has 1 aromatic heterocycles. The fourth-order valence-corrected chi connectivity index (χ4v) is 5.31. The van der Waals surface area contributed by atoms with Crippen LogP contribution in [0.5, 0.6) is 0 Å². The first kappa shape index (κ1) is 24.1. The molecule has 3 heteroatoms. The van der Waals surface area contributed by atoms with Crippen molar-refractivity contribution in [2.24, 2.45) is 0 Å². The van der Waals surface area contributed by atoms with E-state index in [0.717, 1.165) is 38.9 Å². The van der Waals surface area contributed by atoms with Crippen LogP contribution in [0.15, 0.2) is 150 Å². The third kappa shape index (κ3) is 4.70. The number of oxazole rings is 1. The molecule has 0 unspecified atom stereocenters. The minimum absolute atomic E-state index is 0.552. The van der Waals surface area contributed by atoms with Gasteiger partial charge in [0.25, 0.3) is 0 Å². The van der Waals surface area contributed by atoms with Gasteiger partial charge in [0.15, 0.2) is 5.58 Å². The summed E-state index contributed by atoms with van der Waals surface area (Å²) >= 11 is 6.28. The molecule has 0 N–H and O–H groups in total. The van der Waals surface area contributed by atoms with Crippen molar-refractivity contribution in [3.05, 3.63) is 151 Å². The Hall–Kier alpha value is -4.92. The summed E-state index contributed by atoms with van der Waals surface area (Å²) in [6.45, 7) is 0. The molecular weight excluding hydrogens is 510 g/mol. The van der Waals surface area contributed by atoms with Gasteiger partial charge in [-0.1, -0.05) is 127 Å². The topological polar surface area (TPSA) is 26.0 Å². The summed E-state index contributed by atoms with van der Waals surface area (Å²) in [5.41, 5.74) is 11.5. The van der Waals surface area contributed by atoms with E-state index in [9.17, 15) is 0 Å². The summed E-state index contributed by atoms with van der Waals surface area (Å²) in [5.74, 6) is 0.552. The van der Waals surface area contributed by atoms with Gasteiger partial charge in [0.2, 0.25) is 5.89 Å². The van der Waals surface area contributed by atoms with E-state index < -0.39 is 0 Å². The molecule has 0 fully saturated rings. The van der Waals surface area contributed by atoms with Crippen LogP contribution in [-0.2, 0) is 0 Å². The molecular formula is C37H24ClNO. The van der Waals surface area contributed by atoms with E-state index in [4.69, 9.17) is 21.0 Å². The molecule has 40 heavy (non-hydrogen) atoms. The van der Waals surface area contributed by atoms with E-state index in [-0.39, 0.29) is 0 Å². The number of halogens is 1. The molecule has 6 aromatic carbocycles. The van der Waals surface area contributed by atoms with Crippen LogP contribution in [0.3, 0.4) is 0 Å². The minimum Gasteiger partial charge on any atom is -0.436 e.